The van der Waals surface area contributed by atoms with Crippen LogP contribution in [0.5, 0.6) is 5.75 Å². The summed E-state index contributed by atoms with van der Waals surface area (Å²) < 4.78 is 41.8. The largest absolute Gasteiger partial charge is 0.501 e. The number of aliphatic carboxylic acids is 1. The van der Waals surface area contributed by atoms with Crippen molar-refractivity contribution < 1.29 is 27.8 Å². The van der Waals surface area contributed by atoms with Gasteiger partial charge in [-0.25, -0.2) is 9.18 Å². The van der Waals surface area contributed by atoms with E-state index in [0.717, 1.165) is 12.1 Å². The van der Waals surface area contributed by atoms with E-state index < -0.39 is 23.6 Å². The summed E-state index contributed by atoms with van der Waals surface area (Å²) in [5, 5.41) is 16.4. The van der Waals surface area contributed by atoms with Crippen LogP contribution >= 0.6 is 0 Å². The molecule has 0 fully saturated rings. The third kappa shape index (κ3) is 2.42. The van der Waals surface area contributed by atoms with E-state index >= 15 is 0 Å². The molecule has 0 bridgehead atoms. The van der Waals surface area contributed by atoms with Crippen molar-refractivity contribution in [1.82, 2.24) is 0 Å². The van der Waals surface area contributed by atoms with Gasteiger partial charge in [0, 0.05) is 6.07 Å². The summed E-state index contributed by atoms with van der Waals surface area (Å²) in [6.45, 7) is 0. The maximum absolute atomic E-state index is 12.9. The molecule has 0 aliphatic rings. The lowest BCUT2D eigenvalue weighted by Gasteiger charge is -2.13. The Bertz CT molecular complexity index is 468. The zero-order chi connectivity index (χ0) is 12.3. The minimum atomic E-state index is -4.44. The Hall–Kier alpha value is -2.23. The van der Waals surface area contributed by atoms with Gasteiger partial charge in [0.25, 0.3) is 0 Å². The molecule has 0 amide bonds. The van der Waals surface area contributed by atoms with Crippen LogP contribution in [-0.4, -0.2) is 17.2 Å². The molecule has 0 radical (unpaired) electrons. The topological polar surface area (TPSA) is 70.3 Å². The summed E-state index contributed by atoms with van der Waals surface area (Å²) in [6, 6.07) is 3.76. The SMILES string of the molecule is N#Cc1ccc(OC(F)(F)C(=O)O)cc1F. The van der Waals surface area contributed by atoms with E-state index in [1.807, 2.05) is 0 Å². The van der Waals surface area contributed by atoms with E-state index in [0.29, 0.717) is 6.07 Å². The number of hydrogen-bond acceptors (Lipinski definition) is 3. The van der Waals surface area contributed by atoms with Crippen LogP contribution in [0.1, 0.15) is 5.56 Å². The summed E-state index contributed by atoms with van der Waals surface area (Å²) in [4.78, 5) is 10.0. The Morgan fingerprint density at radius 1 is 1.50 bits per heavy atom. The highest BCUT2D eigenvalue weighted by Crippen LogP contribution is 2.23. The molecule has 0 saturated heterocycles. The zero-order valence-corrected chi connectivity index (χ0v) is 7.58. The second-order valence-corrected chi connectivity index (χ2v) is 2.68. The van der Waals surface area contributed by atoms with Gasteiger partial charge < -0.3 is 9.84 Å². The van der Waals surface area contributed by atoms with Gasteiger partial charge in [-0.2, -0.15) is 14.0 Å². The molecule has 0 unspecified atom stereocenters. The number of benzene rings is 1. The first-order valence-corrected chi connectivity index (χ1v) is 3.86. The molecule has 4 nitrogen and oxygen atoms in total. The van der Waals surface area contributed by atoms with Gasteiger partial charge in [0.1, 0.15) is 17.6 Å². The smallest absolute Gasteiger partial charge is 0.474 e. The molecule has 84 valence electrons. The van der Waals surface area contributed by atoms with Crippen molar-refractivity contribution in [2.75, 3.05) is 0 Å². The van der Waals surface area contributed by atoms with Crippen LogP contribution < -0.4 is 4.74 Å². The van der Waals surface area contributed by atoms with Crippen molar-refractivity contribution in [3.05, 3.63) is 29.6 Å². The van der Waals surface area contributed by atoms with Crippen LogP contribution in [0.2, 0.25) is 0 Å². The monoisotopic (exact) mass is 231 g/mol. The Kier molecular flexibility index (Phi) is 3.04. The number of rotatable bonds is 3. The van der Waals surface area contributed by atoms with Crippen LogP contribution in [0.3, 0.4) is 0 Å². The molecule has 0 spiro atoms. The van der Waals surface area contributed by atoms with Crippen LogP contribution in [0.15, 0.2) is 18.2 Å². The number of hydrogen-bond donors (Lipinski definition) is 1. The van der Waals surface area contributed by atoms with E-state index in [2.05, 4.69) is 4.74 Å². The predicted molar refractivity (Wildman–Crippen MR) is 44.3 cm³/mol. The lowest BCUT2D eigenvalue weighted by Crippen LogP contribution is -2.34. The molecule has 0 heterocycles. The molecular formula is C9H4F3NO3. The van der Waals surface area contributed by atoms with Gasteiger partial charge in [0.2, 0.25) is 0 Å². The molecule has 0 aliphatic heterocycles. The van der Waals surface area contributed by atoms with Gasteiger partial charge in [-0.15, -0.1) is 0 Å². The highest BCUT2D eigenvalue weighted by atomic mass is 19.3. The fourth-order valence-corrected chi connectivity index (χ4v) is 0.842. The second kappa shape index (κ2) is 4.10. The molecule has 0 saturated carbocycles. The number of carboxylic acids is 1. The van der Waals surface area contributed by atoms with Crippen LogP contribution in [0, 0.1) is 17.1 Å². The predicted octanol–water partition coefficient (Wildman–Crippen LogP) is 1.75. The molecular weight excluding hydrogens is 227 g/mol. The molecule has 1 N–H and O–H groups in total. The van der Waals surface area contributed by atoms with Crippen molar-refractivity contribution in [2.45, 2.75) is 6.11 Å². The van der Waals surface area contributed by atoms with E-state index in [4.69, 9.17) is 10.4 Å². The van der Waals surface area contributed by atoms with Gasteiger partial charge in [0.15, 0.2) is 0 Å². The molecule has 1 aromatic rings. The Morgan fingerprint density at radius 3 is 2.56 bits per heavy atom. The van der Waals surface area contributed by atoms with Crippen LogP contribution in [0.25, 0.3) is 0 Å². The van der Waals surface area contributed by atoms with Gasteiger partial charge in [-0.1, -0.05) is 0 Å². The van der Waals surface area contributed by atoms with Gasteiger partial charge in [-0.05, 0) is 12.1 Å². The highest BCUT2D eigenvalue weighted by molar-refractivity contribution is 5.73. The quantitative estimate of drug-likeness (QED) is 0.860. The number of ether oxygens (including phenoxy) is 1. The number of alkyl halides is 2. The number of halogens is 3. The first kappa shape index (κ1) is 11.8. The minimum Gasteiger partial charge on any atom is -0.474 e. The summed E-state index contributed by atoms with van der Waals surface area (Å²) in [5.41, 5.74) is -0.356. The Labute approximate surface area is 87.5 Å². The lowest BCUT2D eigenvalue weighted by molar-refractivity contribution is -0.210. The maximum Gasteiger partial charge on any atom is 0.501 e. The second-order valence-electron chi connectivity index (χ2n) is 2.68. The minimum absolute atomic E-state index is 0.356. The lowest BCUT2D eigenvalue weighted by atomic mass is 10.2. The van der Waals surface area contributed by atoms with Gasteiger partial charge in [-0.3, -0.25) is 0 Å². The van der Waals surface area contributed by atoms with E-state index in [1.165, 1.54) is 6.07 Å². The number of carboxylic acid groups (broad SMARTS) is 1. The average Bonchev–Trinajstić information content (AvgIpc) is 2.17. The number of carbonyl (C=O) groups is 1. The van der Waals surface area contributed by atoms with Crippen molar-refractivity contribution in [1.29, 1.82) is 5.26 Å². The normalized spacial score (nSPS) is 10.6. The van der Waals surface area contributed by atoms with E-state index in [-0.39, 0.29) is 5.56 Å². The zero-order valence-electron chi connectivity index (χ0n) is 7.58. The fourth-order valence-electron chi connectivity index (χ4n) is 0.842. The Morgan fingerprint density at radius 2 is 2.12 bits per heavy atom. The number of nitrogens with zero attached hydrogens (tertiary/aromatic N) is 1. The first-order valence-electron chi connectivity index (χ1n) is 3.86. The molecule has 0 atom stereocenters. The molecule has 0 aliphatic carbocycles. The summed E-state index contributed by atoms with van der Waals surface area (Å²) in [6.07, 6.45) is -4.44. The molecule has 16 heavy (non-hydrogen) atoms. The summed E-state index contributed by atoms with van der Waals surface area (Å²) in [7, 11) is 0. The molecule has 1 rings (SSSR count). The maximum atomic E-state index is 12.9. The van der Waals surface area contributed by atoms with E-state index in [1.54, 1.807) is 0 Å². The van der Waals surface area contributed by atoms with Gasteiger partial charge in [0.05, 0.1) is 5.56 Å². The Balaban J connectivity index is 2.97. The summed E-state index contributed by atoms with van der Waals surface area (Å²) in [5.74, 6) is -4.23. The molecule has 0 aromatic heterocycles. The fraction of sp³-hybridized carbons (Fsp3) is 0.111. The van der Waals surface area contributed by atoms with Crippen molar-refractivity contribution in [3.8, 4) is 11.8 Å². The third-order valence-electron chi connectivity index (χ3n) is 1.56. The van der Waals surface area contributed by atoms with Crippen molar-refractivity contribution >= 4 is 5.97 Å². The van der Waals surface area contributed by atoms with Crippen molar-refractivity contribution in [3.63, 3.8) is 0 Å². The molecule has 7 heteroatoms. The summed E-state index contributed by atoms with van der Waals surface area (Å²) >= 11 is 0. The van der Waals surface area contributed by atoms with E-state index in [9.17, 15) is 18.0 Å². The van der Waals surface area contributed by atoms with Gasteiger partial charge >= 0.3 is 12.1 Å². The van der Waals surface area contributed by atoms with Crippen LogP contribution in [-0.2, 0) is 4.79 Å². The van der Waals surface area contributed by atoms with Crippen molar-refractivity contribution in [2.24, 2.45) is 0 Å². The highest BCUT2D eigenvalue weighted by Gasteiger charge is 2.42. The molecule has 1 aromatic carbocycles. The first-order chi connectivity index (χ1) is 7.36. The van der Waals surface area contributed by atoms with Crippen LogP contribution in [0.4, 0.5) is 13.2 Å². The third-order valence-corrected chi connectivity index (χ3v) is 1.56. The number of nitriles is 1. The standard InChI is InChI=1S/C9H4F3NO3/c10-7-3-6(2-1-5(7)4-13)16-9(11,12)8(14)15/h1-3H,(H,14,15). The average molecular weight is 231 g/mol.